The molecule has 9 nitrogen and oxygen atoms in total. The van der Waals surface area contributed by atoms with Gasteiger partial charge in [-0.05, 0) is 62.8 Å². The Labute approximate surface area is 185 Å². The standard InChI is InChI=1S/C23H29N7O2/c1-22(4-5-22)28-19-18-17(3-6-29(2)20(18)32)26-21(27-19)25-15-11-24-30(12-15)16-9-23(10-16)7-14(8-23)13-31/h3,6,11-12,14,16,31H,4-5,7-10,13H2,1-2H3,(H2,25,26,27,28). The van der Waals surface area contributed by atoms with Crippen LogP contribution in [0, 0.1) is 11.3 Å². The first-order valence-corrected chi connectivity index (χ1v) is 11.4. The molecule has 3 aliphatic carbocycles. The Kier molecular flexibility index (Phi) is 4.18. The summed E-state index contributed by atoms with van der Waals surface area (Å²) < 4.78 is 3.58. The Morgan fingerprint density at radius 1 is 1.22 bits per heavy atom. The molecule has 0 unspecified atom stereocenters. The maximum absolute atomic E-state index is 12.8. The number of aliphatic hydroxyl groups excluding tert-OH is 1. The number of nitrogens with zero attached hydrogens (tertiary/aromatic N) is 5. The normalized spacial score (nSPS) is 27.7. The summed E-state index contributed by atoms with van der Waals surface area (Å²) in [6, 6.07) is 2.26. The molecule has 0 bridgehead atoms. The first kappa shape index (κ1) is 19.7. The minimum atomic E-state index is -0.105. The summed E-state index contributed by atoms with van der Waals surface area (Å²) in [4.78, 5) is 22.0. The molecule has 3 N–H and O–H groups in total. The van der Waals surface area contributed by atoms with Crippen molar-refractivity contribution in [2.45, 2.75) is 57.0 Å². The van der Waals surface area contributed by atoms with Crippen molar-refractivity contribution in [1.82, 2.24) is 24.3 Å². The minimum absolute atomic E-state index is 0.0129. The van der Waals surface area contributed by atoms with Gasteiger partial charge in [0.2, 0.25) is 5.95 Å². The van der Waals surface area contributed by atoms with E-state index in [0.29, 0.717) is 46.7 Å². The van der Waals surface area contributed by atoms with E-state index in [1.807, 2.05) is 16.9 Å². The number of pyridine rings is 1. The summed E-state index contributed by atoms with van der Waals surface area (Å²) in [5, 5.41) is 21.1. The number of aryl methyl sites for hydroxylation is 1. The Balaban J connectivity index is 1.23. The maximum atomic E-state index is 12.8. The van der Waals surface area contributed by atoms with Gasteiger partial charge in [0.25, 0.3) is 5.56 Å². The third kappa shape index (κ3) is 3.26. The quantitative estimate of drug-likeness (QED) is 0.546. The van der Waals surface area contributed by atoms with Crippen molar-refractivity contribution < 1.29 is 5.11 Å². The van der Waals surface area contributed by atoms with Gasteiger partial charge in [-0.3, -0.25) is 9.48 Å². The van der Waals surface area contributed by atoms with Crippen LogP contribution in [0.15, 0.2) is 29.5 Å². The highest BCUT2D eigenvalue weighted by atomic mass is 16.3. The van der Waals surface area contributed by atoms with E-state index >= 15 is 0 Å². The highest BCUT2D eigenvalue weighted by Crippen LogP contribution is 2.62. The van der Waals surface area contributed by atoms with Gasteiger partial charge in [-0.25, -0.2) is 4.98 Å². The van der Waals surface area contributed by atoms with E-state index in [0.717, 1.165) is 44.2 Å². The van der Waals surface area contributed by atoms with Crippen molar-refractivity contribution in [1.29, 1.82) is 0 Å². The molecule has 3 saturated carbocycles. The van der Waals surface area contributed by atoms with Crippen LogP contribution in [0.1, 0.15) is 51.5 Å². The number of rotatable bonds is 6. The van der Waals surface area contributed by atoms with Gasteiger partial charge >= 0.3 is 0 Å². The summed E-state index contributed by atoms with van der Waals surface area (Å²) in [7, 11) is 1.74. The van der Waals surface area contributed by atoms with Crippen LogP contribution < -0.4 is 16.2 Å². The third-order valence-corrected chi connectivity index (χ3v) is 7.62. The first-order valence-electron chi connectivity index (χ1n) is 11.4. The molecule has 3 aromatic heterocycles. The molecule has 3 heterocycles. The summed E-state index contributed by atoms with van der Waals surface area (Å²) in [6.07, 6.45) is 12.2. The van der Waals surface area contributed by atoms with Gasteiger partial charge in [0.15, 0.2) is 0 Å². The summed E-state index contributed by atoms with van der Waals surface area (Å²) in [6.45, 7) is 2.46. The van der Waals surface area contributed by atoms with Crippen molar-refractivity contribution in [2.24, 2.45) is 18.4 Å². The van der Waals surface area contributed by atoms with Crippen molar-refractivity contribution in [3.05, 3.63) is 35.0 Å². The molecule has 6 rings (SSSR count). The largest absolute Gasteiger partial charge is 0.396 e. The summed E-state index contributed by atoms with van der Waals surface area (Å²) in [5.74, 6) is 1.52. The Morgan fingerprint density at radius 3 is 2.72 bits per heavy atom. The molecule has 0 aliphatic heterocycles. The van der Waals surface area contributed by atoms with Crippen LogP contribution >= 0.6 is 0 Å². The molecule has 0 radical (unpaired) electrons. The zero-order valence-corrected chi connectivity index (χ0v) is 18.5. The Morgan fingerprint density at radius 2 is 2.00 bits per heavy atom. The predicted molar refractivity (Wildman–Crippen MR) is 122 cm³/mol. The van der Waals surface area contributed by atoms with Crippen molar-refractivity contribution in [2.75, 3.05) is 17.2 Å². The van der Waals surface area contributed by atoms with Crippen LogP contribution in [0.2, 0.25) is 0 Å². The van der Waals surface area contributed by atoms with Crippen LogP contribution in [0.25, 0.3) is 10.9 Å². The number of aromatic nitrogens is 5. The molecule has 3 aromatic rings. The Bertz CT molecular complexity index is 1240. The molecule has 168 valence electrons. The zero-order chi connectivity index (χ0) is 22.1. The van der Waals surface area contributed by atoms with E-state index in [4.69, 9.17) is 0 Å². The monoisotopic (exact) mass is 435 g/mol. The highest BCUT2D eigenvalue weighted by molar-refractivity contribution is 5.89. The van der Waals surface area contributed by atoms with Crippen LogP contribution in [0.4, 0.5) is 17.5 Å². The number of hydrogen-bond donors (Lipinski definition) is 3. The molecule has 0 saturated heterocycles. The lowest BCUT2D eigenvalue weighted by atomic mass is 9.50. The van der Waals surface area contributed by atoms with E-state index in [9.17, 15) is 9.90 Å². The maximum Gasteiger partial charge on any atom is 0.263 e. The zero-order valence-electron chi connectivity index (χ0n) is 18.5. The fourth-order valence-electron chi connectivity index (χ4n) is 5.47. The predicted octanol–water partition coefficient (Wildman–Crippen LogP) is 2.96. The number of aliphatic hydroxyl groups is 1. The van der Waals surface area contributed by atoms with E-state index in [1.165, 1.54) is 0 Å². The number of anilines is 3. The second-order valence-corrected chi connectivity index (χ2v) is 10.4. The van der Waals surface area contributed by atoms with Gasteiger partial charge in [-0.2, -0.15) is 10.1 Å². The second-order valence-electron chi connectivity index (χ2n) is 10.4. The van der Waals surface area contributed by atoms with E-state index in [1.54, 1.807) is 24.0 Å². The van der Waals surface area contributed by atoms with Crippen molar-refractivity contribution in [3.63, 3.8) is 0 Å². The molecule has 3 aliphatic rings. The van der Waals surface area contributed by atoms with Gasteiger partial charge in [0, 0.05) is 31.6 Å². The lowest BCUT2D eigenvalue weighted by Crippen LogP contribution is -2.49. The van der Waals surface area contributed by atoms with E-state index in [2.05, 4.69) is 32.6 Å². The van der Waals surface area contributed by atoms with Crippen LogP contribution in [0.5, 0.6) is 0 Å². The van der Waals surface area contributed by atoms with Crippen molar-refractivity contribution >= 4 is 28.4 Å². The first-order chi connectivity index (χ1) is 15.4. The average molecular weight is 436 g/mol. The van der Waals surface area contributed by atoms with Gasteiger partial charge in [0.1, 0.15) is 11.2 Å². The highest BCUT2D eigenvalue weighted by Gasteiger charge is 2.53. The number of hydrogen-bond acceptors (Lipinski definition) is 7. The van der Waals surface area contributed by atoms with E-state index < -0.39 is 0 Å². The fourth-order valence-corrected chi connectivity index (χ4v) is 5.47. The number of fused-ring (bicyclic) bond motifs is 1. The lowest BCUT2D eigenvalue weighted by molar-refractivity contribution is -0.0802. The molecule has 1 spiro atoms. The third-order valence-electron chi connectivity index (χ3n) is 7.62. The van der Waals surface area contributed by atoms with Gasteiger partial charge in [0.05, 0.1) is 23.4 Å². The topological polar surface area (TPSA) is 110 Å². The lowest BCUT2D eigenvalue weighted by Gasteiger charge is -2.57. The average Bonchev–Trinajstić information content (AvgIpc) is 3.24. The van der Waals surface area contributed by atoms with E-state index in [-0.39, 0.29) is 11.1 Å². The Hall–Kier alpha value is -2.94. The van der Waals surface area contributed by atoms with Crippen LogP contribution in [-0.4, -0.2) is 41.6 Å². The SMILES string of the molecule is Cn1ccc2nc(Nc3cnn(C4CC5(CC(CO)C5)C4)c3)nc(NC3(C)CC3)c2c1=O. The summed E-state index contributed by atoms with van der Waals surface area (Å²) in [5.41, 5.74) is 1.77. The smallest absolute Gasteiger partial charge is 0.263 e. The molecule has 32 heavy (non-hydrogen) atoms. The molecular formula is C23H29N7O2. The molecule has 9 heteroatoms. The van der Waals surface area contributed by atoms with Crippen molar-refractivity contribution in [3.8, 4) is 0 Å². The molecular weight excluding hydrogens is 406 g/mol. The van der Waals surface area contributed by atoms with Crippen LogP contribution in [0.3, 0.4) is 0 Å². The second kappa shape index (κ2) is 6.78. The van der Waals surface area contributed by atoms with Crippen LogP contribution in [-0.2, 0) is 7.05 Å². The van der Waals surface area contributed by atoms with Gasteiger partial charge in [-0.1, -0.05) is 0 Å². The molecule has 0 atom stereocenters. The van der Waals surface area contributed by atoms with Gasteiger partial charge in [-0.15, -0.1) is 0 Å². The fraction of sp³-hybridized carbons (Fsp3) is 0.565. The minimum Gasteiger partial charge on any atom is -0.396 e. The molecule has 0 amide bonds. The number of nitrogens with one attached hydrogen (secondary N) is 2. The van der Waals surface area contributed by atoms with Gasteiger partial charge < -0.3 is 20.3 Å². The molecule has 3 fully saturated rings. The molecule has 0 aromatic carbocycles. The summed E-state index contributed by atoms with van der Waals surface area (Å²) >= 11 is 0.